The second-order valence-electron chi connectivity index (χ2n) is 7.81. The third-order valence-corrected chi connectivity index (χ3v) is 5.70. The second-order valence-corrected chi connectivity index (χ2v) is 9.90. The first-order chi connectivity index (χ1) is 14.5. The van der Waals surface area contributed by atoms with Crippen LogP contribution >= 0.6 is 27.3 Å². The van der Waals surface area contributed by atoms with Crippen molar-refractivity contribution in [3.63, 3.8) is 0 Å². The summed E-state index contributed by atoms with van der Waals surface area (Å²) in [6, 6.07) is 7.89. The van der Waals surface area contributed by atoms with Crippen LogP contribution < -0.4 is 11.0 Å². The van der Waals surface area contributed by atoms with Gasteiger partial charge in [-0.3, -0.25) is 4.57 Å². The predicted molar refractivity (Wildman–Crippen MR) is 119 cm³/mol. The van der Waals surface area contributed by atoms with Crippen LogP contribution in [0.4, 0.5) is 13.6 Å². The van der Waals surface area contributed by atoms with Crippen LogP contribution in [0.1, 0.15) is 25.6 Å². The first-order valence-corrected chi connectivity index (χ1v) is 10.9. The number of nitrogens with zero attached hydrogens (tertiary/aromatic N) is 3. The molecular formula is C20H21BrF2N4O3S. The highest BCUT2D eigenvalue weighted by atomic mass is 79.9. The number of halogens is 3. The summed E-state index contributed by atoms with van der Waals surface area (Å²) >= 11 is 4.98. The summed E-state index contributed by atoms with van der Waals surface area (Å²) in [4.78, 5) is 25.3. The second kappa shape index (κ2) is 9.31. The first kappa shape index (κ1) is 23.1. The van der Waals surface area contributed by atoms with Gasteiger partial charge in [0.2, 0.25) is 0 Å². The van der Waals surface area contributed by atoms with Gasteiger partial charge in [-0.15, -0.1) is 11.3 Å². The number of hydrogen-bond donors (Lipinski definition) is 1. The zero-order valence-electron chi connectivity index (χ0n) is 17.1. The molecule has 31 heavy (non-hydrogen) atoms. The summed E-state index contributed by atoms with van der Waals surface area (Å²) < 4.78 is 36.1. The van der Waals surface area contributed by atoms with Crippen LogP contribution in [0, 0.1) is 0 Å². The van der Waals surface area contributed by atoms with Crippen molar-refractivity contribution in [2.75, 3.05) is 6.54 Å². The van der Waals surface area contributed by atoms with E-state index in [-0.39, 0.29) is 6.54 Å². The van der Waals surface area contributed by atoms with Gasteiger partial charge < -0.3 is 10.1 Å². The number of rotatable bonds is 6. The van der Waals surface area contributed by atoms with Crippen LogP contribution in [0.25, 0.3) is 10.1 Å². The summed E-state index contributed by atoms with van der Waals surface area (Å²) in [6.07, 6.45) is -1.48. The summed E-state index contributed by atoms with van der Waals surface area (Å²) in [5.41, 5.74) is -1.69. The number of fused-ring (bicyclic) bond motifs is 1. The van der Waals surface area contributed by atoms with Gasteiger partial charge in [0, 0.05) is 26.2 Å². The molecule has 7 nitrogen and oxygen atoms in total. The Morgan fingerprint density at radius 3 is 2.71 bits per heavy atom. The molecule has 3 rings (SSSR count). The highest BCUT2D eigenvalue weighted by molar-refractivity contribution is 9.10. The van der Waals surface area contributed by atoms with Gasteiger partial charge in [0.1, 0.15) is 11.9 Å². The molecule has 1 aromatic carbocycles. The Morgan fingerprint density at radius 1 is 1.29 bits per heavy atom. The molecule has 0 aliphatic carbocycles. The fourth-order valence-electron chi connectivity index (χ4n) is 2.76. The molecule has 0 atom stereocenters. The number of aromatic nitrogens is 3. The standard InChI is InChI=1S/C20H21BrF2N4O3S/c1-20(2,3)30-18(28)24-8-13(17(22)23)9-27-19(29)26(11-25-27)10-15-7-12-6-14(21)4-5-16(12)31-15/h4-7,11H,8-10H2,1-3H3,(H,24,28). The summed E-state index contributed by atoms with van der Waals surface area (Å²) in [5.74, 6) is 0. The lowest BCUT2D eigenvalue weighted by Crippen LogP contribution is -2.35. The number of carbonyl (C=O) groups is 1. The number of benzene rings is 1. The normalized spacial score (nSPS) is 11.5. The molecule has 3 aromatic rings. The van der Waals surface area contributed by atoms with Gasteiger partial charge >= 0.3 is 11.8 Å². The van der Waals surface area contributed by atoms with Crippen molar-refractivity contribution in [2.45, 2.75) is 39.5 Å². The number of amides is 1. The van der Waals surface area contributed by atoms with E-state index in [1.807, 2.05) is 24.3 Å². The highest BCUT2D eigenvalue weighted by Gasteiger charge is 2.18. The van der Waals surface area contributed by atoms with Crippen molar-refractivity contribution in [3.8, 4) is 0 Å². The van der Waals surface area contributed by atoms with Crippen molar-refractivity contribution in [2.24, 2.45) is 0 Å². The van der Waals surface area contributed by atoms with Crippen molar-refractivity contribution in [1.29, 1.82) is 0 Å². The Kier molecular flexibility index (Phi) is 6.95. The van der Waals surface area contributed by atoms with Gasteiger partial charge in [-0.05, 0) is 50.4 Å². The number of hydrogen-bond acceptors (Lipinski definition) is 5. The minimum atomic E-state index is -1.98. The van der Waals surface area contributed by atoms with Crippen LogP contribution in [0.15, 0.2) is 51.5 Å². The van der Waals surface area contributed by atoms with Crippen LogP contribution in [-0.4, -0.2) is 32.6 Å². The monoisotopic (exact) mass is 514 g/mol. The minimum absolute atomic E-state index is 0.281. The van der Waals surface area contributed by atoms with E-state index in [1.54, 1.807) is 32.1 Å². The Balaban J connectivity index is 1.69. The molecule has 0 aliphatic rings. The van der Waals surface area contributed by atoms with E-state index < -0.39 is 42.1 Å². The maximum Gasteiger partial charge on any atom is 0.407 e. The zero-order valence-corrected chi connectivity index (χ0v) is 19.5. The maximum atomic E-state index is 13.3. The van der Waals surface area contributed by atoms with E-state index in [0.29, 0.717) is 0 Å². The Bertz CT molecular complexity index is 1190. The van der Waals surface area contributed by atoms with Gasteiger partial charge in [-0.25, -0.2) is 14.3 Å². The molecule has 1 amide bonds. The largest absolute Gasteiger partial charge is 0.444 e. The molecule has 0 bridgehead atoms. The van der Waals surface area contributed by atoms with Crippen molar-refractivity contribution < 1.29 is 18.3 Å². The summed E-state index contributed by atoms with van der Waals surface area (Å²) in [7, 11) is 0. The van der Waals surface area contributed by atoms with E-state index >= 15 is 0 Å². The van der Waals surface area contributed by atoms with Gasteiger partial charge in [0.25, 0.3) is 6.08 Å². The van der Waals surface area contributed by atoms with Gasteiger partial charge in [-0.1, -0.05) is 15.9 Å². The Labute approximate surface area is 189 Å². The average Bonchev–Trinajstić information content (AvgIpc) is 3.20. The molecule has 2 aromatic heterocycles. The van der Waals surface area contributed by atoms with Gasteiger partial charge in [0.05, 0.1) is 13.1 Å². The molecule has 0 fully saturated rings. The Hall–Kier alpha value is -2.53. The first-order valence-electron chi connectivity index (χ1n) is 9.32. The summed E-state index contributed by atoms with van der Waals surface area (Å²) in [6.45, 7) is 4.39. The zero-order chi connectivity index (χ0) is 22.8. The number of nitrogens with one attached hydrogen (secondary N) is 1. The number of thiophene rings is 1. The van der Waals surface area contributed by atoms with Crippen molar-refractivity contribution in [1.82, 2.24) is 19.7 Å². The van der Waals surface area contributed by atoms with Gasteiger partial charge in [0.15, 0.2) is 0 Å². The highest BCUT2D eigenvalue weighted by Crippen LogP contribution is 2.28. The fourth-order valence-corrected chi connectivity index (χ4v) is 4.18. The molecule has 0 aliphatic heterocycles. The van der Waals surface area contributed by atoms with Crippen LogP contribution in [-0.2, 0) is 17.8 Å². The number of alkyl carbamates (subject to hydrolysis) is 1. The number of ether oxygens (including phenoxy) is 1. The maximum absolute atomic E-state index is 13.3. The summed E-state index contributed by atoms with van der Waals surface area (Å²) in [5, 5.41) is 7.27. The molecule has 0 saturated heterocycles. The lowest BCUT2D eigenvalue weighted by molar-refractivity contribution is 0.0531. The van der Waals surface area contributed by atoms with Crippen molar-refractivity contribution >= 4 is 43.4 Å². The van der Waals surface area contributed by atoms with E-state index in [0.717, 1.165) is 24.1 Å². The minimum Gasteiger partial charge on any atom is -0.444 e. The lowest BCUT2D eigenvalue weighted by atomic mass is 10.2. The molecule has 1 N–H and O–H groups in total. The van der Waals surface area contributed by atoms with E-state index in [2.05, 4.69) is 26.3 Å². The molecule has 0 saturated carbocycles. The predicted octanol–water partition coefficient (Wildman–Crippen LogP) is 4.75. The third kappa shape index (κ3) is 6.23. The Morgan fingerprint density at radius 2 is 2.03 bits per heavy atom. The molecule has 11 heteroatoms. The average molecular weight is 515 g/mol. The van der Waals surface area contributed by atoms with Crippen molar-refractivity contribution in [3.05, 3.63) is 62.1 Å². The number of carbonyl (C=O) groups excluding carboxylic acids is 1. The van der Waals surface area contributed by atoms with E-state index in [1.165, 1.54) is 10.9 Å². The molecular weight excluding hydrogens is 494 g/mol. The van der Waals surface area contributed by atoms with Gasteiger partial charge in [-0.2, -0.15) is 13.9 Å². The fraction of sp³-hybridized carbons (Fsp3) is 0.350. The van der Waals surface area contributed by atoms with Crippen LogP contribution in [0.5, 0.6) is 0 Å². The van der Waals surface area contributed by atoms with E-state index in [4.69, 9.17) is 4.74 Å². The molecule has 0 radical (unpaired) electrons. The van der Waals surface area contributed by atoms with Crippen LogP contribution in [0.3, 0.4) is 0 Å². The van der Waals surface area contributed by atoms with E-state index in [9.17, 15) is 18.4 Å². The molecule has 166 valence electrons. The smallest absolute Gasteiger partial charge is 0.407 e. The molecule has 0 unspecified atom stereocenters. The third-order valence-electron chi connectivity index (χ3n) is 4.11. The molecule has 2 heterocycles. The topological polar surface area (TPSA) is 78.2 Å². The quantitative estimate of drug-likeness (QED) is 0.515. The lowest BCUT2D eigenvalue weighted by Gasteiger charge is -2.19. The molecule has 0 spiro atoms. The SMILES string of the molecule is CC(C)(C)OC(=O)NCC(Cn1ncn(Cc2cc3cc(Br)ccc3s2)c1=O)=C(F)F. The van der Waals surface area contributed by atoms with Crippen LogP contribution in [0.2, 0.25) is 0 Å².